The fourth-order valence-corrected chi connectivity index (χ4v) is 3.46. The molecule has 2 atom stereocenters. The van der Waals surface area contributed by atoms with Gasteiger partial charge < -0.3 is 0 Å². The standard InChI is InChI=1S/C11H14BrN/c1-11(2)9(6-12)10(11)8-4-3-5-13-7-8/h3-5,7,9-10H,6H2,1-2H3. The van der Waals surface area contributed by atoms with Crippen LogP contribution in [0.15, 0.2) is 24.5 Å². The molecule has 1 aliphatic rings. The summed E-state index contributed by atoms with van der Waals surface area (Å²) in [7, 11) is 0. The topological polar surface area (TPSA) is 12.9 Å². The molecule has 1 aromatic heterocycles. The molecule has 0 N–H and O–H groups in total. The maximum atomic E-state index is 4.16. The zero-order valence-corrected chi connectivity index (χ0v) is 9.58. The molecule has 0 aromatic carbocycles. The van der Waals surface area contributed by atoms with Gasteiger partial charge in [-0.05, 0) is 28.9 Å². The molecule has 0 aliphatic heterocycles. The van der Waals surface area contributed by atoms with E-state index in [0.717, 1.165) is 11.2 Å². The van der Waals surface area contributed by atoms with E-state index in [9.17, 15) is 0 Å². The summed E-state index contributed by atoms with van der Waals surface area (Å²) in [5.41, 5.74) is 1.84. The molecule has 1 heterocycles. The Morgan fingerprint density at radius 3 is 2.77 bits per heavy atom. The first kappa shape index (κ1) is 9.20. The van der Waals surface area contributed by atoms with Crippen molar-refractivity contribution >= 4 is 15.9 Å². The molecular formula is C11H14BrN. The molecule has 0 amide bonds. The van der Waals surface area contributed by atoms with Gasteiger partial charge in [0.1, 0.15) is 0 Å². The highest BCUT2D eigenvalue weighted by Gasteiger charge is 2.57. The van der Waals surface area contributed by atoms with Gasteiger partial charge in [0.25, 0.3) is 0 Å². The summed E-state index contributed by atoms with van der Waals surface area (Å²) in [6.45, 7) is 4.66. The van der Waals surface area contributed by atoms with Crippen LogP contribution in [0.1, 0.15) is 25.3 Å². The van der Waals surface area contributed by atoms with Gasteiger partial charge in [-0.2, -0.15) is 0 Å². The minimum atomic E-state index is 0.451. The SMILES string of the molecule is CC1(C)C(CBr)C1c1cccnc1. The molecule has 0 bridgehead atoms. The molecule has 1 fully saturated rings. The van der Waals surface area contributed by atoms with E-state index in [-0.39, 0.29) is 0 Å². The van der Waals surface area contributed by atoms with Gasteiger partial charge in [-0.15, -0.1) is 0 Å². The molecule has 2 unspecified atom stereocenters. The number of hydrogen-bond acceptors (Lipinski definition) is 1. The molecule has 0 radical (unpaired) electrons. The van der Waals surface area contributed by atoms with E-state index in [4.69, 9.17) is 0 Å². The summed E-state index contributed by atoms with van der Waals surface area (Å²) in [6, 6.07) is 4.21. The predicted molar refractivity (Wildman–Crippen MR) is 58.0 cm³/mol. The highest BCUT2D eigenvalue weighted by Crippen LogP contribution is 2.64. The third-order valence-corrected chi connectivity index (χ3v) is 3.96. The molecule has 70 valence electrons. The van der Waals surface area contributed by atoms with E-state index in [1.807, 2.05) is 18.5 Å². The lowest BCUT2D eigenvalue weighted by molar-refractivity contribution is 0.579. The van der Waals surface area contributed by atoms with Crippen LogP contribution in [-0.2, 0) is 0 Å². The maximum Gasteiger partial charge on any atom is 0.0302 e. The quantitative estimate of drug-likeness (QED) is 0.723. The minimum Gasteiger partial charge on any atom is -0.264 e. The zero-order valence-electron chi connectivity index (χ0n) is 8.00. The number of rotatable bonds is 2. The van der Waals surface area contributed by atoms with E-state index in [2.05, 4.69) is 40.8 Å². The van der Waals surface area contributed by atoms with Crippen molar-refractivity contribution in [3.63, 3.8) is 0 Å². The van der Waals surface area contributed by atoms with Gasteiger partial charge in [-0.1, -0.05) is 35.8 Å². The van der Waals surface area contributed by atoms with Crippen molar-refractivity contribution in [1.29, 1.82) is 0 Å². The molecule has 0 saturated heterocycles. The van der Waals surface area contributed by atoms with Crippen LogP contribution in [-0.4, -0.2) is 10.3 Å². The van der Waals surface area contributed by atoms with Crippen molar-refractivity contribution in [2.45, 2.75) is 19.8 Å². The first-order chi connectivity index (χ1) is 6.18. The number of nitrogens with zero attached hydrogens (tertiary/aromatic N) is 1. The molecule has 2 rings (SSSR count). The number of halogens is 1. The third kappa shape index (κ3) is 1.41. The van der Waals surface area contributed by atoms with Crippen molar-refractivity contribution in [3.05, 3.63) is 30.1 Å². The summed E-state index contributed by atoms with van der Waals surface area (Å²) in [6.07, 6.45) is 3.83. The number of alkyl halides is 1. The average Bonchev–Trinajstić information content (AvgIpc) is 2.69. The molecule has 1 aromatic rings. The Labute approximate surface area is 87.7 Å². The van der Waals surface area contributed by atoms with Crippen LogP contribution < -0.4 is 0 Å². The fourth-order valence-electron chi connectivity index (χ4n) is 2.25. The summed E-state index contributed by atoms with van der Waals surface area (Å²) in [5, 5.41) is 1.10. The van der Waals surface area contributed by atoms with Gasteiger partial charge in [0, 0.05) is 17.7 Å². The third-order valence-electron chi connectivity index (χ3n) is 3.26. The first-order valence-corrected chi connectivity index (χ1v) is 5.76. The Morgan fingerprint density at radius 1 is 1.54 bits per heavy atom. The fraction of sp³-hybridized carbons (Fsp3) is 0.545. The highest BCUT2D eigenvalue weighted by molar-refractivity contribution is 9.09. The summed E-state index contributed by atoms with van der Waals surface area (Å²) in [5.74, 6) is 1.47. The van der Waals surface area contributed by atoms with Crippen LogP contribution in [0.5, 0.6) is 0 Å². The van der Waals surface area contributed by atoms with Crippen molar-refractivity contribution in [2.24, 2.45) is 11.3 Å². The lowest BCUT2D eigenvalue weighted by Gasteiger charge is -2.01. The molecule has 13 heavy (non-hydrogen) atoms. The van der Waals surface area contributed by atoms with Crippen LogP contribution in [0.2, 0.25) is 0 Å². The van der Waals surface area contributed by atoms with Crippen molar-refractivity contribution < 1.29 is 0 Å². The average molecular weight is 240 g/mol. The monoisotopic (exact) mass is 239 g/mol. The lowest BCUT2D eigenvalue weighted by Crippen LogP contribution is -1.90. The first-order valence-electron chi connectivity index (χ1n) is 4.64. The second-order valence-corrected chi connectivity index (χ2v) is 4.99. The predicted octanol–water partition coefficient (Wildman–Crippen LogP) is 3.22. The molecule has 2 heteroatoms. The molecular weight excluding hydrogens is 226 g/mol. The summed E-state index contributed by atoms with van der Waals surface area (Å²) in [4.78, 5) is 4.16. The summed E-state index contributed by atoms with van der Waals surface area (Å²) >= 11 is 3.57. The van der Waals surface area contributed by atoms with E-state index in [0.29, 0.717) is 11.3 Å². The van der Waals surface area contributed by atoms with Crippen molar-refractivity contribution in [3.8, 4) is 0 Å². The van der Waals surface area contributed by atoms with Crippen LogP contribution in [0.3, 0.4) is 0 Å². The highest BCUT2D eigenvalue weighted by atomic mass is 79.9. The van der Waals surface area contributed by atoms with Crippen LogP contribution in [0.25, 0.3) is 0 Å². The molecule has 1 saturated carbocycles. The zero-order chi connectivity index (χ0) is 9.47. The lowest BCUT2D eigenvalue weighted by atomic mass is 10.1. The van der Waals surface area contributed by atoms with Crippen molar-refractivity contribution in [2.75, 3.05) is 5.33 Å². The van der Waals surface area contributed by atoms with Gasteiger partial charge in [0.05, 0.1) is 0 Å². The molecule has 1 nitrogen and oxygen atoms in total. The molecule has 1 aliphatic carbocycles. The number of aromatic nitrogens is 1. The van der Waals surface area contributed by atoms with Gasteiger partial charge in [0.15, 0.2) is 0 Å². The van der Waals surface area contributed by atoms with Crippen LogP contribution in [0, 0.1) is 11.3 Å². The number of hydrogen-bond donors (Lipinski definition) is 0. The Bertz CT molecular complexity index is 294. The van der Waals surface area contributed by atoms with E-state index in [1.165, 1.54) is 5.56 Å². The largest absolute Gasteiger partial charge is 0.264 e. The Hall–Kier alpha value is -0.370. The molecule has 0 spiro atoms. The van der Waals surface area contributed by atoms with Crippen LogP contribution in [0.4, 0.5) is 0 Å². The van der Waals surface area contributed by atoms with E-state index >= 15 is 0 Å². The van der Waals surface area contributed by atoms with E-state index < -0.39 is 0 Å². The smallest absolute Gasteiger partial charge is 0.0302 e. The summed E-state index contributed by atoms with van der Waals surface area (Å²) < 4.78 is 0. The Balaban J connectivity index is 2.22. The second-order valence-electron chi connectivity index (χ2n) is 4.35. The minimum absolute atomic E-state index is 0.451. The second kappa shape index (κ2) is 3.09. The van der Waals surface area contributed by atoms with E-state index in [1.54, 1.807) is 0 Å². The normalized spacial score (nSPS) is 30.1. The van der Waals surface area contributed by atoms with Gasteiger partial charge in [0.2, 0.25) is 0 Å². The van der Waals surface area contributed by atoms with Gasteiger partial charge in [-0.25, -0.2) is 0 Å². The van der Waals surface area contributed by atoms with Crippen molar-refractivity contribution in [1.82, 2.24) is 4.98 Å². The Morgan fingerprint density at radius 2 is 2.31 bits per heavy atom. The maximum absolute atomic E-state index is 4.16. The number of pyridine rings is 1. The van der Waals surface area contributed by atoms with Gasteiger partial charge in [-0.3, -0.25) is 4.98 Å². The Kier molecular flexibility index (Phi) is 2.18. The van der Waals surface area contributed by atoms with Crippen LogP contribution >= 0.6 is 15.9 Å². The van der Waals surface area contributed by atoms with Gasteiger partial charge >= 0.3 is 0 Å².